The van der Waals surface area contributed by atoms with E-state index in [4.69, 9.17) is 9.47 Å². The van der Waals surface area contributed by atoms with E-state index in [1.165, 1.54) is 5.56 Å². The van der Waals surface area contributed by atoms with Gasteiger partial charge in [0.2, 0.25) is 5.91 Å². The number of nitrogens with zero attached hydrogens (tertiary/aromatic N) is 1. The molecule has 4 nitrogen and oxygen atoms in total. The van der Waals surface area contributed by atoms with Crippen molar-refractivity contribution in [3.63, 3.8) is 0 Å². The highest BCUT2D eigenvalue weighted by Crippen LogP contribution is 2.25. The molecule has 0 bridgehead atoms. The minimum Gasteiger partial charge on any atom is -0.350 e. The Morgan fingerprint density at radius 3 is 2.67 bits per heavy atom. The molecule has 0 spiro atoms. The van der Waals surface area contributed by atoms with Crippen LogP contribution in [0.15, 0.2) is 28.7 Å². The van der Waals surface area contributed by atoms with Gasteiger partial charge in [0.25, 0.3) is 0 Å². The van der Waals surface area contributed by atoms with Crippen LogP contribution in [-0.2, 0) is 20.7 Å². The Labute approximate surface area is 152 Å². The van der Waals surface area contributed by atoms with Crippen molar-refractivity contribution in [2.75, 3.05) is 26.3 Å². The van der Waals surface area contributed by atoms with Crippen LogP contribution in [0.4, 0.5) is 0 Å². The maximum atomic E-state index is 12.5. The summed E-state index contributed by atoms with van der Waals surface area (Å²) >= 11 is 3.45. The van der Waals surface area contributed by atoms with E-state index in [9.17, 15) is 4.79 Å². The van der Waals surface area contributed by atoms with Crippen molar-refractivity contribution >= 4 is 21.8 Å². The fourth-order valence-corrected chi connectivity index (χ4v) is 3.79. The van der Waals surface area contributed by atoms with Gasteiger partial charge >= 0.3 is 0 Å². The number of likely N-dealkylation sites (tertiary alicyclic amines) is 1. The van der Waals surface area contributed by atoms with Gasteiger partial charge in [-0.1, -0.05) is 28.1 Å². The topological polar surface area (TPSA) is 38.8 Å². The van der Waals surface area contributed by atoms with Gasteiger partial charge in [-0.15, -0.1) is 0 Å². The van der Waals surface area contributed by atoms with Gasteiger partial charge in [0.15, 0.2) is 6.29 Å². The summed E-state index contributed by atoms with van der Waals surface area (Å²) in [6.07, 6.45) is 5.74. The Kier molecular flexibility index (Phi) is 6.69. The number of hydrogen-bond donors (Lipinski definition) is 0. The van der Waals surface area contributed by atoms with Gasteiger partial charge in [0, 0.05) is 29.9 Å². The normalized spacial score (nSPS) is 22.0. The Bertz CT molecular complexity index is 528. The van der Waals surface area contributed by atoms with E-state index in [0.717, 1.165) is 49.7 Å². The Morgan fingerprint density at radius 1 is 1.17 bits per heavy atom. The number of carbonyl (C=O) groups excluding carboxylic acids is 1. The summed E-state index contributed by atoms with van der Waals surface area (Å²) in [6.45, 7) is 3.04. The molecule has 2 fully saturated rings. The average molecular weight is 396 g/mol. The smallest absolute Gasteiger partial charge is 0.222 e. The molecule has 0 N–H and O–H groups in total. The van der Waals surface area contributed by atoms with Crippen LogP contribution in [0.2, 0.25) is 0 Å². The number of halogens is 1. The van der Waals surface area contributed by atoms with Gasteiger partial charge in [0.1, 0.15) is 0 Å². The second-order valence-electron chi connectivity index (χ2n) is 6.69. The molecule has 0 aliphatic carbocycles. The quantitative estimate of drug-likeness (QED) is 0.688. The zero-order valence-electron chi connectivity index (χ0n) is 14.1. The monoisotopic (exact) mass is 395 g/mol. The lowest BCUT2D eigenvalue weighted by molar-refractivity contribution is -0.139. The molecule has 2 aliphatic heterocycles. The molecule has 1 atom stereocenters. The third-order valence-corrected chi connectivity index (χ3v) is 5.39. The molecule has 5 heteroatoms. The summed E-state index contributed by atoms with van der Waals surface area (Å²) < 4.78 is 12.3. The first-order valence-electron chi connectivity index (χ1n) is 8.98. The number of piperidine rings is 1. The molecule has 1 unspecified atom stereocenters. The standard InChI is InChI=1S/C19H26BrNO3/c20-17-9-7-15(8-10-17)4-1-2-6-18(22)21-11-3-5-16(14-21)19-23-12-13-24-19/h7-10,16,19H,1-6,11-14H2. The third-order valence-electron chi connectivity index (χ3n) is 4.86. The first-order valence-corrected chi connectivity index (χ1v) is 9.77. The fourth-order valence-electron chi connectivity index (χ4n) is 3.52. The fraction of sp³-hybridized carbons (Fsp3) is 0.632. The number of aryl methyl sites for hydroxylation is 1. The van der Waals surface area contributed by atoms with E-state index >= 15 is 0 Å². The lowest BCUT2D eigenvalue weighted by Crippen LogP contribution is -2.43. The molecule has 0 radical (unpaired) electrons. The van der Waals surface area contributed by atoms with Crippen LogP contribution in [-0.4, -0.2) is 43.4 Å². The summed E-state index contributed by atoms with van der Waals surface area (Å²) in [5.41, 5.74) is 1.33. The lowest BCUT2D eigenvalue weighted by Gasteiger charge is -2.34. The number of ether oxygens (including phenoxy) is 2. The molecule has 1 amide bonds. The largest absolute Gasteiger partial charge is 0.350 e. The van der Waals surface area contributed by atoms with Gasteiger partial charge in [-0.05, 0) is 49.8 Å². The van der Waals surface area contributed by atoms with E-state index in [-0.39, 0.29) is 12.2 Å². The van der Waals surface area contributed by atoms with Gasteiger partial charge < -0.3 is 14.4 Å². The van der Waals surface area contributed by atoms with Gasteiger partial charge in [-0.2, -0.15) is 0 Å². The second kappa shape index (κ2) is 8.97. The maximum Gasteiger partial charge on any atom is 0.222 e. The van der Waals surface area contributed by atoms with Crippen LogP contribution in [0.5, 0.6) is 0 Å². The van der Waals surface area contributed by atoms with Crippen molar-refractivity contribution in [3.05, 3.63) is 34.3 Å². The highest BCUT2D eigenvalue weighted by Gasteiger charge is 2.32. The molecular formula is C19H26BrNO3. The molecule has 24 heavy (non-hydrogen) atoms. The number of unbranched alkanes of at least 4 members (excludes halogenated alkanes) is 1. The molecule has 132 valence electrons. The highest BCUT2D eigenvalue weighted by molar-refractivity contribution is 9.10. The molecule has 0 aromatic heterocycles. The van der Waals surface area contributed by atoms with Crippen molar-refractivity contribution < 1.29 is 14.3 Å². The van der Waals surface area contributed by atoms with Crippen LogP contribution in [0.25, 0.3) is 0 Å². The van der Waals surface area contributed by atoms with Crippen molar-refractivity contribution in [3.8, 4) is 0 Å². The molecule has 1 aromatic carbocycles. The predicted octanol–water partition coefficient (Wildman–Crippen LogP) is 3.77. The highest BCUT2D eigenvalue weighted by atomic mass is 79.9. The van der Waals surface area contributed by atoms with E-state index < -0.39 is 0 Å². The number of carbonyl (C=O) groups is 1. The summed E-state index contributed by atoms with van der Waals surface area (Å²) in [5.74, 6) is 0.626. The second-order valence-corrected chi connectivity index (χ2v) is 7.60. The summed E-state index contributed by atoms with van der Waals surface area (Å²) in [7, 11) is 0. The zero-order valence-corrected chi connectivity index (χ0v) is 15.7. The van der Waals surface area contributed by atoms with Crippen LogP contribution in [0.3, 0.4) is 0 Å². The van der Waals surface area contributed by atoms with Gasteiger partial charge in [-0.3, -0.25) is 4.79 Å². The van der Waals surface area contributed by atoms with Crippen LogP contribution < -0.4 is 0 Å². The Morgan fingerprint density at radius 2 is 1.92 bits per heavy atom. The lowest BCUT2D eigenvalue weighted by atomic mass is 9.97. The minimum atomic E-state index is -0.0991. The molecule has 0 saturated carbocycles. The van der Waals surface area contributed by atoms with Crippen molar-refractivity contribution in [2.45, 2.75) is 44.8 Å². The summed E-state index contributed by atoms with van der Waals surface area (Å²) in [4.78, 5) is 14.5. The van der Waals surface area contributed by atoms with Gasteiger partial charge in [0.05, 0.1) is 13.2 Å². The first kappa shape index (κ1) is 17.9. The SMILES string of the molecule is O=C(CCCCc1ccc(Br)cc1)N1CCCC(C2OCCO2)C1. The van der Waals surface area contributed by atoms with E-state index in [1.807, 2.05) is 4.90 Å². The molecule has 3 rings (SSSR count). The summed E-state index contributed by atoms with van der Waals surface area (Å²) in [6, 6.07) is 8.43. The molecule has 2 aliphatic rings. The zero-order chi connectivity index (χ0) is 16.8. The predicted molar refractivity (Wildman–Crippen MR) is 96.7 cm³/mol. The van der Waals surface area contributed by atoms with Crippen LogP contribution in [0.1, 0.15) is 37.7 Å². The molecular weight excluding hydrogens is 370 g/mol. The third kappa shape index (κ3) is 5.04. The summed E-state index contributed by atoms with van der Waals surface area (Å²) in [5, 5.41) is 0. The van der Waals surface area contributed by atoms with Crippen molar-refractivity contribution in [2.24, 2.45) is 5.92 Å². The maximum absolute atomic E-state index is 12.5. The molecule has 2 heterocycles. The first-order chi connectivity index (χ1) is 11.7. The number of benzene rings is 1. The number of amides is 1. The minimum absolute atomic E-state index is 0.0991. The average Bonchev–Trinajstić information content (AvgIpc) is 3.15. The van der Waals surface area contributed by atoms with Crippen molar-refractivity contribution in [1.82, 2.24) is 4.90 Å². The van der Waals surface area contributed by atoms with E-state index in [2.05, 4.69) is 40.2 Å². The van der Waals surface area contributed by atoms with E-state index in [0.29, 0.717) is 25.6 Å². The van der Waals surface area contributed by atoms with Crippen LogP contribution >= 0.6 is 15.9 Å². The van der Waals surface area contributed by atoms with Crippen molar-refractivity contribution in [1.29, 1.82) is 0 Å². The molecule has 2 saturated heterocycles. The Hall–Kier alpha value is -0.910. The van der Waals surface area contributed by atoms with Crippen LogP contribution in [0, 0.1) is 5.92 Å². The van der Waals surface area contributed by atoms with E-state index in [1.54, 1.807) is 0 Å². The number of rotatable bonds is 6. The Balaban J connectivity index is 1.37. The molecule has 1 aromatic rings. The van der Waals surface area contributed by atoms with Gasteiger partial charge in [-0.25, -0.2) is 0 Å². The number of hydrogen-bond acceptors (Lipinski definition) is 3.